The Hall–Kier alpha value is -3.75. The van der Waals surface area contributed by atoms with E-state index in [1.807, 2.05) is 73.7 Å². The Bertz CT molecular complexity index is 1430. The van der Waals surface area contributed by atoms with E-state index < -0.39 is 0 Å². The van der Waals surface area contributed by atoms with Gasteiger partial charge >= 0.3 is 5.91 Å². The number of carbonyl (C=O) groups is 1. The topological polar surface area (TPSA) is 71.7 Å². The largest absolute Gasteiger partial charge is 0.449 e. The molecule has 2 heterocycles. The van der Waals surface area contributed by atoms with Crippen LogP contribution in [0.15, 0.2) is 83.2 Å². The number of benzene rings is 3. The van der Waals surface area contributed by atoms with Crippen LogP contribution in [0.3, 0.4) is 0 Å². The van der Waals surface area contributed by atoms with Crippen LogP contribution in [0.2, 0.25) is 0 Å². The van der Waals surface area contributed by atoms with Gasteiger partial charge in [0.25, 0.3) is 0 Å². The van der Waals surface area contributed by atoms with Crippen molar-refractivity contribution in [2.45, 2.75) is 11.3 Å². The molecule has 2 aromatic heterocycles. The molecular formula is C24H17N5OS2. The molecule has 1 N–H and O–H groups in total. The van der Waals surface area contributed by atoms with Gasteiger partial charge in [-0.3, -0.25) is 11.3 Å². The van der Waals surface area contributed by atoms with Crippen LogP contribution < -0.4 is 10.00 Å². The minimum absolute atomic E-state index is 0.208. The number of fused-ring (bicyclic) bond motifs is 1. The first-order valence-corrected chi connectivity index (χ1v) is 11.1. The summed E-state index contributed by atoms with van der Waals surface area (Å²) in [6.07, 6.45) is 0. The third-order valence-electron chi connectivity index (χ3n) is 4.94. The minimum Gasteiger partial charge on any atom is -0.402 e. The zero-order valence-corrected chi connectivity index (χ0v) is 18.7. The molecule has 0 aliphatic rings. The zero-order chi connectivity index (χ0) is 22.1. The summed E-state index contributed by atoms with van der Waals surface area (Å²) >= 11 is 6.40. The molecule has 0 amide bonds. The van der Waals surface area contributed by atoms with Crippen LogP contribution in [0, 0.1) is 6.92 Å². The lowest BCUT2D eigenvalue weighted by Crippen LogP contribution is -2.46. The van der Waals surface area contributed by atoms with Crippen LogP contribution in [0.5, 0.6) is 0 Å². The van der Waals surface area contributed by atoms with Crippen molar-refractivity contribution in [2.75, 3.05) is 5.32 Å². The van der Waals surface area contributed by atoms with Gasteiger partial charge in [-0.05, 0) is 46.2 Å². The van der Waals surface area contributed by atoms with Crippen molar-refractivity contribution in [1.82, 2.24) is 15.1 Å². The van der Waals surface area contributed by atoms with E-state index in [2.05, 4.69) is 10.4 Å². The van der Waals surface area contributed by atoms with Crippen molar-refractivity contribution in [3.8, 4) is 11.4 Å². The summed E-state index contributed by atoms with van der Waals surface area (Å²) in [5, 5.41) is 9.16. The van der Waals surface area contributed by atoms with Crippen molar-refractivity contribution in [3.05, 3.63) is 89.4 Å². The fourth-order valence-corrected chi connectivity index (χ4v) is 4.40. The highest BCUT2D eigenvalue weighted by Crippen LogP contribution is 2.27. The third kappa shape index (κ3) is 3.93. The van der Waals surface area contributed by atoms with Crippen LogP contribution in [-0.2, 0) is 12.6 Å². The van der Waals surface area contributed by atoms with Gasteiger partial charge in [-0.15, -0.1) is 0 Å². The van der Waals surface area contributed by atoms with Gasteiger partial charge in [-0.25, -0.2) is 14.8 Å². The number of aromatic nitrogens is 4. The predicted molar refractivity (Wildman–Crippen MR) is 127 cm³/mol. The summed E-state index contributed by atoms with van der Waals surface area (Å²) in [6.45, 7) is 1.83. The van der Waals surface area contributed by atoms with Gasteiger partial charge in [0.1, 0.15) is 5.82 Å². The van der Waals surface area contributed by atoms with Gasteiger partial charge in [0.15, 0.2) is 10.8 Å². The first-order chi connectivity index (χ1) is 15.6. The van der Waals surface area contributed by atoms with E-state index in [0.717, 1.165) is 27.2 Å². The van der Waals surface area contributed by atoms with Gasteiger partial charge in [0.05, 0.1) is 11.1 Å². The zero-order valence-electron chi connectivity index (χ0n) is 17.0. The number of rotatable bonds is 4. The molecular weight excluding hydrogens is 438 g/mol. The molecule has 0 unspecified atom stereocenters. The lowest BCUT2D eigenvalue weighted by Gasteiger charge is -2.11. The van der Waals surface area contributed by atoms with Gasteiger partial charge < -0.3 is 17.9 Å². The lowest BCUT2D eigenvalue weighted by molar-refractivity contribution is -0.637. The summed E-state index contributed by atoms with van der Waals surface area (Å²) in [4.78, 5) is 22.2. The predicted octanol–water partition coefficient (Wildman–Crippen LogP) is 4.69. The van der Waals surface area contributed by atoms with Crippen molar-refractivity contribution >= 4 is 52.3 Å². The highest BCUT2D eigenvalue weighted by atomic mass is 32.2. The number of anilines is 2. The van der Waals surface area contributed by atoms with Gasteiger partial charge in [0, 0.05) is 27.9 Å². The molecule has 0 radical (unpaired) electrons. The van der Waals surface area contributed by atoms with Crippen molar-refractivity contribution in [3.63, 3.8) is 0 Å². The van der Waals surface area contributed by atoms with Crippen LogP contribution in [0.4, 0.5) is 11.5 Å². The maximum atomic E-state index is 12.7. The molecule has 5 aromatic rings. The lowest BCUT2D eigenvalue weighted by atomic mass is 10.1. The molecule has 0 spiro atoms. The number of nitrogens with one attached hydrogen (secondary N) is 1. The van der Waals surface area contributed by atoms with E-state index in [-0.39, 0.29) is 5.91 Å². The van der Waals surface area contributed by atoms with E-state index in [1.165, 1.54) is 16.0 Å². The van der Waals surface area contributed by atoms with Crippen molar-refractivity contribution < 1.29 is 9.48 Å². The second-order valence-electron chi connectivity index (χ2n) is 7.09. The van der Waals surface area contributed by atoms with Gasteiger partial charge in [-0.1, -0.05) is 42.5 Å². The van der Waals surface area contributed by atoms with E-state index >= 15 is 0 Å². The Labute approximate surface area is 194 Å². The summed E-state index contributed by atoms with van der Waals surface area (Å²) in [6, 6.07) is 25.0. The highest BCUT2D eigenvalue weighted by molar-refractivity contribution is 7.62. The standard InChI is InChI=1S/C24H17N5OS2/c1-15-29(28-24(31)32-15)23(30)17-11-13-18(14-12-17)25-22-19-9-5-6-10-20(19)26-21(27-22)16-7-3-2-4-8-16/h2-14H,1H3,(H-,25,26,27,28,30,31). The number of nitrogens with zero attached hydrogens (tertiary/aromatic N) is 4. The molecule has 3 aromatic carbocycles. The summed E-state index contributed by atoms with van der Waals surface area (Å²) in [5.74, 6) is 1.14. The minimum atomic E-state index is -0.208. The van der Waals surface area contributed by atoms with Gasteiger partial charge in [-0.2, -0.15) is 0 Å². The monoisotopic (exact) mass is 455 g/mol. The van der Waals surface area contributed by atoms with Crippen LogP contribution in [-0.4, -0.2) is 21.0 Å². The van der Waals surface area contributed by atoms with E-state index in [0.29, 0.717) is 21.5 Å². The number of hydrogen-bond donors (Lipinski definition) is 1. The van der Waals surface area contributed by atoms with E-state index in [4.69, 9.17) is 22.6 Å². The smallest absolute Gasteiger partial charge is 0.402 e. The third-order valence-corrected chi connectivity index (χ3v) is 5.99. The Balaban J connectivity index is 1.48. The first-order valence-electron chi connectivity index (χ1n) is 9.89. The van der Waals surface area contributed by atoms with Crippen molar-refractivity contribution in [1.29, 1.82) is 0 Å². The molecule has 0 bridgehead atoms. The second-order valence-corrected chi connectivity index (χ2v) is 8.91. The molecule has 6 nitrogen and oxygen atoms in total. The Morgan fingerprint density at radius 3 is 2.38 bits per heavy atom. The molecule has 0 fully saturated rings. The number of aryl methyl sites for hydroxylation is 1. The average molecular weight is 456 g/mol. The number of para-hydroxylation sites is 1. The van der Waals surface area contributed by atoms with Crippen LogP contribution in [0.1, 0.15) is 15.4 Å². The quantitative estimate of drug-likeness (QED) is 0.313. The summed E-state index contributed by atoms with van der Waals surface area (Å²) in [7, 11) is 0. The van der Waals surface area contributed by atoms with Gasteiger partial charge in [0.2, 0.25) is 0 Å². The van der Waals surface area contributed by atoms with E-state index in [1.54, 1.807) is 12.1 Å². The second kappa shape index (κ2) is 8.41. The fraction of sp³-hybridized carbons (Fsp3) is 0.0417. The first kappa shape index (κ1) is 20.2. The number of carbonyl (C=O) groups excluding carboxylic acids is 1. The maximum Gasteiger partial charge on any atom is 0.449 e. The molecule has 0 aliphatic carbocycles. The molecule has 5 rings (SSSR count). The average Bonchev–Trinajstić information content (AvgIpc) is 3.17. The Kier molecular flexibility index (Phi) is 5.30. The fourth-order valence-electron chi connectivity index (χ4n) is 3.37. The molecule has 0 saturated carbocycles. The molecule has 156 valence electrons. The molecule has 0 atom stereocenters. The molecule has 32 heavy (non-hydrogen) atoms. The number of hydrogen-bond acceptors (Lipinski definition) is 7. The van der Waals surface area contributed by atoms with Crippen molar-refractivity contribution in [2.24, 2.45) is 0 Å². The summed E-state index contributed by atoms with van der Waals surface area (Å²) in [5.41, 5.74) is 3.14. The van der Waals surface area contributed by atoms with E-state index in [9.17, 15) is 4.79 Å². The van der Waals surface area contributed by atoms with Crippen LogP contribution >= 0.6 is 11.3 Å². The molecule has 0 saturated heterocycles. The summed E-state index contributed by atoms with van der Waals surface area (Å²) < 4.78 is 1.79. The highest BCUT2D eigenvalue weighted by Gasteiger charge is 2.22. The Morgan fingerprint density at radius 1 is 0.938 bits per heavy atom. The molecule has 8 heteroatoms. The Morgan fingerprint density at radius 2 is 1.66 bits per heavy atom. The normalized spacial score (nSPS) is 10.9. The maximum absolute atomic E-state index is 12.7. The van der Waals surface area contributed by atoms with Crippen LogP contribution in [0.25, 0.3) is 22.3 Å². The molecule has 0 aliphatic heterocycles. The SMILES string of the molecule is Cc1sc([S-])n[n+]1C(=O)c1ccc(Nc2nc(-c3ccccc3)nc3ccccc23)cc1.